The second-order valence-electron chi connectivity index (χ2n) is 20.1. The van der Waals surface area contributed by atoms with Gasteiger partial charge in [0.1, 0.15) is 31.8 Å². The smallest absolute Gasteiger partial charge is 0.305 e. The van der Waals surface area contributed by atoms with Gasteiger partial charge in [-0.1, -0.05) is 229 Å². The van der Waals surface area contributed by atoms with Crippen LogP contribution in [0.25, 0.3) is 11.2 Å². The molecule has 0 saturated carbocycles. The van der Waals surface area contributed by atoms with E-state index in [1.807, 2.05) is 72.3 Å². The first-order chi connectivity index (χ1) is 36.4. The summed E-state index contributed by atoms with van der Waals surface area (Å²) in [6, 6.07) is 28.2. The van der Waals surface area contributed by atoms with Gasteiger partial charge in [-0.15, -0.1) is 0 Å². The Morgan fingerprint density at radius 1 is 0.568 bits per heavy atom. The van der Waals surface area contributed by atoms with Gasteiger partial charge in [0.2, 0.25) is 5.95 Å². The fourth-order valence-corrected chi connectivity index (χ4v) is 9.61. The van der Waals surface area contributed by atoms with Crippen LogP contribution in [0.1, 0.15) is 211 Å². The Balaban J connectivity index is 1.23. The van der Waals surface area contributed by atoms with Gasteiger partial charge in [-0.2, -0.15) is 9.97 Å². The summed E-state index contributed by atoms with van der Waals surface area (Å²) in [4.78, 5) is 43.4. The number of anilines is 3. The number of carbonyl (C=O) groups excluding carboxylic acids is 2. The lowest BCUT2D eigenvalue weighted by Gasteiger charge is -2.33. The van der Waals surface area contributed by atoms with E-state index in [9.17, 15) is 9.59 Å². The van der Waals surface area contributed by atoms with Crippen molar-refractivity contribution in [1.82, 2.24) is 19.5 Å². The van der Waals surface area contributed by atoms with Crippen LogP contribution < -0.4 is 15.0 Å². The van der Waals surface area contributed by atoms with Gasteiger partial charge >= 0.3 is 11.9 Å². The Hall–Kier alpha value is -5.49. The van der Waals surface area contributed by atoms with Gasteiger partial charge in [-0.3, -0.25) is 19.1 Å². The molecule has 2 heterocycles. The number of nitrogens with zero attached hydrogens (tertiary/aromatic N) is 5. The molecular formula is C62H92N6O6. The maximum atomic E-state index is 13.1. The van der Waals surface area contributed by atoms with Gasteiger partial charge in [0.15, 0.2) is 17.0 Å². The molecule has 0 saturated heterocycles. The summed E-state index contributed by atoms with van der Waals surface area (Å²) in [5, 5.41) is 3.26. The molecular weight excluding hydrogens is 925 g/mol. The van der Waals surface area contributed by atoms with Crippen LogP contribution in [0, 0.1) is 0 Å². The van der Waals surface area contributed by atoms with Gasteiger partial charge in [-0.25, -0.2) is 4.98 Å². The number of hydrogen-bond donors (Lipinski definition) is 1. The fourth-order valence-electron chi connectivity index (χ4n) is 9.61. The number of rotatable bonds is 42. The van der Waals surface area contributed by atoms with Crippen molar-refractivity contribution in [2.24, 2.45) is 0 Å². The Labute approximate surface area is 445 Å². The van der Waals surface area contributed by atoms with Crippen molar-refractivity contribution < 1.29 is 28.5 Å². The van der Waals surface area contributed by atoms with Crippen molar-refractivity contribution in [1.29, 1.82) is 0 Å². The maximum absolute atomic E-state index is 13.1. The van der Waals surface area contributed by atoms with Crippen LogP contribution in [0.5, 0.6) is 5.75 Å². The van der Waals surface area contributed by atoms with Gasteiger partial charge in [0.25, 0.3) is 0 Å². The number of methoxy groups -OCH3 is 1. The van der Waals surface area contributed by atoms with E-state index in [0.29, 0.717) is 35.8 Å². The number of benzene rings is 3. The number of ether oxygens (including phenoxy) is 4. The van der Waals surface area contributed by atoms with E-state index in [2.05, 4.69) is 48.3 Å². The van der Waals surface area contributed by atoms with Gasteiger partial charge in [-0.05, 0) is 48.2 Å². The summed E-state index contributed by atoms with van der Waals surface area (Å²) in [7, 11) is 3.48. The molecule has 0 aliphatic rings. The molecule has 0 radical (unpaired) electrons. The average Bonchev–Trinajstić information content (AvgIpc) is 3.85. The summed E-state index contributed by atoms with van der Waals surface area (Å²) in [6.07, 6.45) is 33.9. The summed E-state index contributed by atoms with van der Waals surface area (Å²) in [6.45, 7) is 4.46. The summed E-state index contributed by atoms with van der Waals surface area (Å²) >= 11 is 0. The molecule has 1 N–H and O–H groups in total. The van der Waals surface area contributed by atoms with Crippen LogP contribution in [0.3, 0.4) is 0 Å². The lowest BCUT2D eigenvalue weighted by molar-refractivity contribution is -0.157. The van der Waals surface area contributed by atoms with Gasteiger partial charge in [0.05, 0.1) is 19.5 Å². The minimum absolute atomic E-state index is 0.0108. The summed E-state index contributed by atoms with van der Waals surface area (Å²) in [5.41, 5.74) is 4.06. The number of carbonyl (C=O) groups is 2. The first-order valence-electron chi connectivity index (χ1n) is 28.8. The Bertz CT molecular complexity index is 2150. The number of fused-ring (bicyclic) bond motifs is 1. The van der Waals surface area contributed by atoms with E-state index in [1.165, 1.54) is 128 Å². The third-order valence-corrected chi connectivity index (χ3v) is 14.0. The monoisotopic (exact) mass is 1020 g/mol. The van der Waals surface area contributed by atoms with E-state index < -0.39 is 6.10 Å². The predicted molar refractivity (Wildman–Crippen MR) is 302 cm³/mol. The summed E-state index contributed by atoms with van der Waals surface area (Å²) < 4.78 is 25.5. The van der Waals surface area contributed by atoms with Crippen molar-refractivity contribution in [3.63, 3.8) is 0 Å². The van der Waals surface area contributed by atoms with Crippen molar-refractivity contribution in [2.45, 2.75) is 213 Å². The van der Waals surface area contributed by atoms with Gasteiger partial charge in [0, 0.05) is 25.6 Å². The molecule has 0 bridgehead atoms. The highest BCUT2D eigenvalue weighted by Gasteiger charge is 2.29. The van der Waals surface area contributed by atoms with Crippen molar-refractivity contribution in [3.05, 3.63) is 102 Å². The molecule has 0 aliphatic heterocycles. The van der Waals surface area contributed by atoms with Crippen LogP contribution in [0.2, 0.25) is 0 Å². The zero-order valence-corrected chi connectivity index (χ0v) is 45.9. The highest BCUT2D eigenvalue weighted by molar-refractivity contribution is 5.85. The zero-order valence-electron chi connectivity index (χ0n) is 45.9. The molecule has 406 valence electrons. The molecule has 3 aromatic carbocycles. The molecule has 12 nitrogen and oxygen atoms in total. The average molecular weight is 1020 g/mol. The van der Waals surface area contributed by atoms with Crippen LogP contribution in [-0.2, 0) is 30.5 Å². The first-order valence-corrected chi connectivity index (χ1v) is 28.8. The van der Waals surface area contributed by atoms with E-state index >= 15 is 0 Å². The van der Waals surface area contributed by atoms with Crippen LogP contribution in [-0.4, -0.2) is 64.9 Å². The van der Waals surface area contributed by atoms with Crippen molar-refractivity contribution >= 4 is 40.6 Å². The Kier molecular flexibility index (Phi) is 29.3. The number of esters is 2. The molecule has 74 heavy (non-hydrogen) atoms. The number of nitrogens with one attached hydrogen (secondary N) is 1. The van der Waals surface area contributed by atoms with Crippen LogP contribution in [0.4, 0.5) is 17.5 Å². The quantitative estimate of drug-likeness (QED) is 0.0296. The Morgan fingerprint density at radius 2 is 1.00 bits per heavy atom. The molecule has 5 aromatic rings. The SMILES string of the molecule is CCCCCCCCCCCCCCCC(=O)OCC(COC(=O)CCCCCCCCCCCCCCC)OCn1cnc2c(NC)nc(N(c3ccc(OC)cc3)C(c3ccccc3)c3ccccc3)nc21. The topological polar surface area (TPSA) is 130 Å². The highest BCUT2D eigenvalue weighted by atomic mass is 16.6. The number of unbranched alkanes of at least 4 members (excludes halogenated alkanes) is 24. The second-order valence-corrected chi connectivity index (χ2v) is 20.1. The third kappa shape index (κ3) is 21.8. The lowest BCUT2D eigenvalue weighted by Crippen LogP contribution is -2.29. The predicted octanol–water partition coefficient (Wildman–Crippen LogP) is 16.2. The highest BCUT2D eigenvalue weighted by Crippen LogP contribution is 2.39. The zero-order chi connectivity index (χ0) is 52.3. The fraction of sp³-hybridized carbons (Fsp3) is 0.597. The largest absolute Gasteiger partial charge is 0.497 e. The van der Waals surface area contributed by atoms with E-state index in [1.54, 1.807) is 13.4 Å². The van der Waals surface area contributed by atoms with E-state index in [-0.39, 0.29) is 37.9 Å². The lowest BCUT2D eigenvalue weighted by atomic mass is 9.96. The number of hydrogen-bond acceptors (Lipinski definition) is 11. The molecule has 0 amide bonds. The Morgan fingerprint density at radius 3 is 1.42 bits per heavy atom. The van der Waals surface area contributed by atoms with E-state index in [0.717, 1.165) is 61.1 Å². The molecule has 5 rings (SSSR count). The van der Waals surface area contributed by atoms with Crippen molar-refractivity contribution in [2.75, 3.05) is 37.6 Å². The van der Waals surface area contributed by atoms with Gasteiger partial charge < -0.3 is 24.3 Å². The number of imidazole rings is 1. The molecule has 0 atom stereocenters. The van der Waals surface area contributed by atoms with Crippen LogP contribution >= 0.6 is 0 Å². The molecule has 0 unspecified atom stereocenters. The maximum Gasteiger partial charge on any atom is 0.305 e. The molecule has 0 aliphatic carbocycles. The first kappa shape index (κ1) is 59.4. The third-order valence-electron chi connectivity index (χ3n) is 14.0. The standard InChI is InChI=1S/C62H92N6O6/c1-5-7-9-11-13-15-17-19-21-23-25-27-35-41-56(69)72-47-55(48-73-57(70)42-36-28-26-24-22-20-18-16-14-12-10-8-6-2)74-50-67-49-64-58-60(63-3)65-62(66-61(58)67)68(53-43-45-54(71-4)46-44-53)59(51-37-31-29-32-38-51)52-39-33-30-34-40-52/h29-34,37-40,43-46,49,55,59H,5-28,35-36,41-42,47-48,50H2,1-4H3,(H,63,65,66). The van der Waals surface area contributed by atoms with E-state index in [4.69, 9.17) is 33.9 Å². The van der Waals surface area contributed by atoms with Crippen LogP contribution in [0.15, 0.2) is 91.3 Å². The minimum atomic E-state index is -0.708. The summed E-state index contributed by atoms with van der Waals surface area (Å²) in [5.74, 6) is 1.18. The van der Waals surface area contributed by atoms with Crippen molar-refractivity contribution in [3.8, 4) is 5.75 Å². The molecule has 12 heteroatoms. The number of aromatic nitrogens is 4. The minimum Gasteiger partial charge on any atom is -0.497 e. The normalized spacial score (nSPS) is 11.4. The second kappa shape index (κ2) is 36.5. The molecule has 2 aromatic heterocycles. The molecule has 0 spiro atoms. The molecule has 0 fully saturated rings.